The first-order valence-corrected chi connectivity index (χ1v) is 8.26. The highest BCUT2D eigenvalue weighted by atomic mass is 17.2. The summed E-state index contributed by atoms with van der Waals surface area (Å²) in [5.41, 5.74) is 1.83. The number of aryl methyl sites for hydroxylation is 1. The van der Waals surface area contributed by atoms with Crippen molar-refractivity contribution in [1.29, 1.82) is 0 Å². The van der Waals surface area contributed by atoms with Crippen LogP contribution in [0.3, 0.4) is 0 Å². The second-order valence-electron chi connectivity index (χ2n) is 5.88. The van der Waals surface area contributed by atoms with Crippen LogP contribution >= 0.6 is 0 Å². The van der Waals surface area contributed by atoms with E-state index in [2.05, 4.69) is 6.92 Å². The highest BCUT2D eigenvalue weighted by molar-refractivity contribution is 5.88. The molecule has 1 aliphatic carbocycles. The molecule has 2 rings (SSSR count). The Morgan fingerprint density at radius 3 is 2.48 bits per heavy atom. The van der Waals surface area contributed by atoms with Crippen molar-refractivity contribution in [2.75, 3.05) is 0 Å². The number of carbonyl (C=O) groups excluding carboxylic acids is 1. The summed E-state index contributed by atoms with van der Waals surface area (Å²) in [4.78, 5) is 22.1. The summed E-state index contributed by atoms with van der Waals surface area (Å²) < 4.78 is 0. The lowest BCUT2D eigenvalue weighted by molar-refractivity contribution is -0.279. The average Bonchev–Trinajstić information content (AvgIpc) is 2.54. The molecule has 1 saturated carbocycles. The van der Waals surface area contributed by atoms with Crippen molar-refractivity contribution in [3.8, 4) is 0 Å². The minimum atomic E-state index is -0.388. The molecule has 116 valence electrons. The molecular weight excluding hydrogens is 264 g/mol. The second-order valence-corrected chi connectivity index (χ2v) is 5.88. The van der Waals surface area contributed by atoms with Gasteiger partial charge in [0.25, 0.3) is 0 Å². The van der Waals surface area contributed by atoms with Gasteiger partial charge in [-0.1, -0.05) is 51.2 Å². The van der Waals surface area contributed by atoms with Crippen LogP contribution in [0.5, 0.6) is 0 Å². The van der Waals surface area contributed by atoms with Crippen molar-refractivity contribution >= 4 is 5.97 Å². The smallest absolute Gasteiger partial charge is 0.293 e. The normalized spacial score (nSPS) is 15.9. The Balaban J connectivity index is 1.76. The van der Waals surface area contributed by atoms with Crippen LogP contribution in [0.25, 0.3) is 0 Å². The molecule has 0 amide bonds. The molecule has 0 radical (unpaired) electrons. The molecule has 0 saturated heterocycles. The second kappa shape index (κ2) is 8.83. The zero-order valence-corrected chi connectivity index (χ0v) is 13.0. The first-order chi connectivity index (χ1) is 10.3. The van der Waals surface area contributed by atoms with Crippen molar-refractivity contribution in [2.24, 2.45) is 0 Å². The molecule has 1 aliphatic rings. The molecule has 0 unspecified atom stereocenters. The molecule has 21 heavy (non-hydrogen) atoms. The molecular formula is C18H26O3. The molecule has 0 N–H and O–H groups in total. The summed E-state index contributed by atoms with van der Waals surface area (Å²) in [5, 5.41) is 0. The largest absolute Gasteiger partial charge is 0.373 e. The highest BCUT2D eigenvalue weighted by Crippen LogP contribution is 2.21. The van der Waals surface area contributed by atoms with Gasteiger partial charge in [0.05, 0.1) is 5.56 Å². The van der Waals surface area contributed by atoms with E-state index < -0.39 is 0 Å². The number of hydrogen-bond donors (Lipinski definition) is 0. The summed E-state index contributed by atoms with van der Waals surface area (Å²) in [5.74, 6) is -0.388. The van der Waals surface area contributed by atoms with Crippen LogP contribution in [0.4, 0.5) is 0 Å². The molecule has 1 fully saturated rings. The van der Waals surface area contributed by atoms with E-state index in [1.54, 1.807) is 0 Å². The van der Waals surface area contributed by atoms with E-state index in [0.29, 0.717) is 5.56 Å². The minimum Gasteiger partial charge on any atom is -0.293 e. The van der Waals surface area contributed by atoms with Gasteiger partial charge >= 0.3 is 5.97 Å². The van der Waals surface area contributed by atoms with Gasteiger partial charge in [-0.15, -0.1) is 0 Å². The lowest BCUT2D eigenvalue weighted by Crippen LogP contribution is -2.19. The van der Waals surface area contributed by atoms with Crippen molar-refractivity contribution in [2.45, 2.75) is 70.8 Å². The topological polar surface area (TPSA) is 35.5 Å². The summed E-state index contributed by atoms with van der Waals surface area (Å²) in [6.07, 6.45) is 10.4. The van der Waals surface area contributed by atoms with Gasteiger partial charge in [0, 0.05) is 0 Å². The maximum Gasteiger partial charge on any atom is 0.373 e. The lowest BCUT2D eigenvalue weighted by Gasteiger charge is -2.19. The molecule has 0 heterocycles. The van der Waals surface area contributed by atoms with Crippen LogP contribution < -0.4 is 0 Å². The Labute approximate surface area is 127 Å². The van der Waals surface area contributed by atoms with E-state index in [-0.39, 0.29) is 12.1 Å². The van der Waals surface area contributed by atoms with Crippen molar-refractivity contribution < 1.29 is 14.6 Å². The monoisotopic (exact) mass is 290 g/mol. The van der Waals surface area contributed by atoms with Gasteiger partial charge in [0.2, 0.25) is 0 Å². The van der Waals surface area contributed by atoms with Crippen molar-refractivity contribution in [3.05, 3.63) is 35.4 Å². The zero-order valence-electron chi connectivity index (χ0n) is 13.0. The fraction of sp³-hybridized carbons (Fsp3) is 0.611. The third-order valence-electron chi connectivity index (χ3n) is 4.07. The fourth-order valence-corrected chi connectivity index (χ4v) is 2.71. The number of benzene rings is 1. The standard InChI is InChI=1S/C18H26O3/c1-2-3-5-8-15-11-13-16(14-12-15)18(19)21-20-17-9-6-4-7-10-17/h11-14,17H,2-10H2,1H3. The van der Waals surface area contributed by atoms with Gasteiger partial charge in [0.1, 0.15) is 6.10 Å². The maximum atomic E-state index is 11.9. The first-order valence-electron chi connectivity index (χ1n) is 8.26. The third kappa shape index (κ3) is 5.50. The molecule has 3 heteroatoms. The van der Waals surface area contributed by atoms with Crippen LogP contribution in [-0.4, -0.2) is 12.1 Å². The molecule has 0 atom stereocenters. The number of rotatable bonds is 7. The zero-order chi connectivity index (χ0) is 14.9. The van der Waals surface area contributed by atoms with Crippen LogP contribution in [-0.2, 0) is 16.2 Å². The third-order valence-corrected chi connectivity index (χ3v) is 4.07. The Bertz CT molecular complexity index is 419. The van der Waals surface area contributed by atoms with E-state index in [9.17, 15) is 4.79 Å². The van der Waals surface area contributed by atoms with Gasteiger partial charge < -0.3 is 0 Å². The van der Waals surface area contributed by atoms with Crippen LogP contribution in [0.2, 0.25) is 0 Å². The molecule has 0 aliphatic heterocycles. The van der Waals surface area contributed by atoms with E-state index in [1.807, 2.05) is 24.3 Å². The van der Waals surface area contributed by atoms with E-state index in [4.69, 9.17) is 9.78 Å². The Morgan fingerprint density at radius 1 is 1.10 bits per heavy atom. The van der Waals surface area contributed by atoms with Gasteiger partial charge in [-0.05, 0) is 43.4 Å². The summed E-state index contributed by atoms with van der Waals surface area (Å²) in [6.45, 7) is 2.20. The molecule has 0 spiro atoms. The minimum absolute atomic E-state index is 0.0796. The quantitative estimate of drug-likeness (QED) is 0.409. The molecule has 0 aromatic heterocycles. The van der Waals surface area contributed by atoms with Crippen molar-refractivity contribution in [3.63, 3.8) is 0 Å². The predicted molar refractivity (Wildman–Crippen MR) is 83.0 cm³/mol. The summed E-state index contributed by atoms with van der Waals surface area (Å²) >= 11 is 0. The van der Waals surface area contributed by atoms with Crippen LogP contribution in [0, 0.1) is 0 Å². The van der Waals surface area contributed by atoms with E-state index in [0.717, 1.165) is 32.1 Å². The molecule has 1 aromatic carbocycles. The molecule has 1 aromatic rings. The summed E-state index contributed by atoms with van der Waals surface area (Å²) in [7, 11) is 0. The first kappa shape index (κ1) is 16.0. The van der Waals surface area contributed by atoms with E-state index in [1.165, 1.54) is 31.2 Å². The average molecular weight is 290 g/mol. The summed E-state index contributed by atoms with van der Waals surface area (Å²) in [6, 6.07) is 7.67. The van der Waals surface area contributed by atoms with Gasteiger partial charge in [-0.3, -0.25) is 4.89 Å². The number of carbonyl (C=O) groups is 1. The molecule has 0 bridgehead atoms. The van der Waals surface area contributed by atoms with Crippen LogP contribution in [0.1, 0.15) is 74.2 Å². The molecule has 3 nitrogen and oxygen atoms in total. The van der Waals surface area contributed by atoms with Gasteiger partial charge in [-0.2, -0.15) is 4.89 Å². The van der Waals surface area contributed by atoms with Gasteiger partial charge in [-0.25, -0.2) is 4.79 Å². The Morgan fingerprint density at radius 2 is 1.81 bits per heavy atom. The van der Waals surface area contributed by atoms with Gasteiger partial charge in [0.15, 0.2) is 0 Å². The Kier molecular flexibility index (Phi) is 6.74. The van der Waals surface area contributed by atoms with Crippen LogP contribution in [0.15, 0.2) is 24.3 Å². The maximum absolute atomic E-state index is 11.9. The fourth-order valence-electron chi connectivity index (χ4n) is 2.71. The Hall–Kier alpha value is -1.35. The van der Waals surface area contributed by atoms with Crippen molar-refractivity contribution in [1.82, 2.24) is 0 Å². The SMILES string of the molecule is CCCCCc1ccc(C(=O)OOC2CCCCC2)cc1. The number of hydrogen-bond acceptors (Lipinski definition) is 3. The predicted octanol–water partition coefficient (Wildman–Crippen LogP) is 4.84. The lowest BCUT2D eigenvalue weighted by atomic mass is 9.98. The number of unbranched alkanes of at least 4 members (excludes halogenated alkanes) is 2. The van der Waals surface area contributed by atoms with E-state index >= 15 is 0 Å². The highest BCUT2D eigenvalue weighted by Gasteiger charge is 2.17.